The Morgan fingerprint density at radius 2 is 0.868 bits per heavy atom. The van der Waals surface area contributed by atoms with Crippen molar-refractivity contribution in [2.75, 3.05) is 9.80 Å². The molecular formula is C65H46N2O. The smallest absolute Gasteiger partial charge is 0.143 e. The van der Waals surface area contributed by atoms with Crippen molar-refractivity contribution in [3.63, 3.8) is 0 Å². The summed E-state index contributed by atoms with van der Waals surface area (Å²) in [6.07, 6.45) is 0. The molecule has 0 bridgehead atoms. The van der Waals surface area contributed by atoms with Crippen LogP contribution in [0.2, 0.25) is 0 Å². The lowest BCUT2D eigenvalue weighted by atomic mass is 9.82. The largest absolute Gasteiger partial charge is 0.455 e. The lowest BCUT2D eigenvalue weighted by molar-refractivity contribution is 0.660. The Bertz CT molecular complexity index is 3870. The summed E-state index contributed by atoms with van der Waals surface area (Å²) in [7, 11) is 0. The molecule has 0 saturated carbocycles. The summed E-state index contributed by atoms with van der Waals surface area (Å²) in [5, 5.41) is 6.92. The van der Waals surface area contributed by atoms with Gasteiger partial charge in [0.2, 0.25) is 0 Å². The second-order valence-electron chi connectivity index (χ2n) is 18.5. The van der Waals surface area contributed by atoms with E-state index in [1.54, 1.807) is 0 Å². The van der Waals surface area contributed by atoms with Crippen LogP contribution in [0.4, 0.5) is 34.1 Å². The van der Waals surface area contributed by atoms with E-state index in [1.165, 1.54) is 49.5 Å². The average Bonchev–Trinajstić information content (AvgIpc) is 3.89. The van der Waals surface area contributed by atoms with E-state index < -0.39 is 0 Å². The van der Waals surface area contributed by atoms with Gasteiger partial charge >= 0.3 is 0 Å². The van der Waals surface area contributed by atoms with Crippen molar-refractivity contribution in [2.45, 2.75) is 19.3 Å². The van der Waals surface area contributed by atoms with E-state index in [2.05, 4.69) is 266 Å². The molecule has 68 heavy (non-hydrogen) atoms. The number of nitrogens with zero attached hydrogens (tertiary/aromatic N) is 2. The third kappa shape index (κ3) is 6.35. The van der Waals surface area contributed by atoms with E-state index >= 15 is 0 Å². The summed E-state index contributed by atoms with van der Waals surface area (Å²) in [6, 6.07) is 87.8. The van der Waals surface area contributed by atoms with Crippen molar-refractivity contribution in [2.24, 2.45) is 0 Å². The highest BCUT2D eigenvalue weighted by molar-refractivity contribution is 6.30. The summed E-state index contributed by atoms with van der Waals surface area (Å²) in [4.78, 5) is 4.72. The SMILES string of the molecule is CC1(C)c2ccccc2-c2ccc(N(c3ccccc3)c3ccc4c(c3)oc3c5ccc(-c6ccc(N(c7ccccc7)c7ccccc7-c7ccccc7)cc6)cc5c5ccccc5c43)cc21. The highest BCUT2D eigenvalue weighted by Crippen LogP contribution is 2.51. The molecule has 0 unspecified atom stereocenters. The van der Waals surface area contributed by atoms with Gasteiger partial charge in [-0.25, -0.2) is 0 Å². The summed E-state index contributed by atoms with van der Waals surface area (Å²) in [5.74, 6) is 0. The molecule has 0 fully saturated rings. The molecule has 1 aromatic heterocycles. The number of hydrogen-bond donors (Lipinski definition) is 0. The zero-order chi connectivity index (χ0) is 45.3. The van der Waals surface area contributed by atoms with Crippen LogP contribution in [0.1, 0.15) is 25.0 Å². The van der Waals surface area contributed by atoms with Crippen LogP contribution in [-0.2, 0) is 5.41 Å². The van der Waals surface area contributed by atoms with Crippen LogP contribution in [0.15, 0.2) is 247 Å². The minimum Gasteiger partial charge on any atom is -0.455 e. The molecular weight excluding hydrogens is 825 g/mol. The zero-order valence-electron chi connectivity index (χ0n) is 37.9. The molecule has 322 valence electrons. The van der Waals surface area contributed by atoms with Crippen molar-refractivity contribution in [3.8, 4) is 33.4 Å². The van der Waals surface area contributed by atoms with Crippen LogP contribution in [0, 0.1) is 0 Å². The lowest BCUT2D eigenvalue weighted by Gasteiger charge is -2.28. The van der Waals surface area contributed by atoms with Gasteiger partial charge in [-0.1, -0.05) is 172 Å². The van der Waals surface area contributed by atoms with Crippen molar-refractivity contribution >= 4 is 77.6 Å². The second-order valence-corrected chi connectivity index (χ2v) is 18.5. The Labute approximate surface area is 396 Å². The second kappa shape index (κ2) is 15.8. The fraction of sp³-hybridized carbons (Fsp3) is 0.0462. The van der Waals surface area contributed by atoms with Gasteiger partial charge in [-0.15, -0.1) is 0 Å². The van der Waals surface area contributed by atoms with Gasteiger partial charge in [0.15, 0.2) is 0 Å². The molecule has 3 heteroatoms. The molecule has 0 aliphatic heterocycles. The molecule has 1 heterocycles. The van der Waals surface area contributed by atoms with Gasteiger partial charge in [0.25, 0.3) is 0 Å². The minimum absolute atomic E-state index is 0.114. The third-order valence-electron chi connectivity index (χ3n) is 14.2. The number of para-hydroxylation sites is 3. The number of anilines is 6. The highest BCUT2D eigenvalue weighted by Gasteiger charge is 2.36. The molecule has 1 aliphatic carbocycles. The Morgan fingerprint density at radius 1 is 0.324 bits per heavy atom. The van der Waals surface area contributed by atoms with E-state index in [1.807, 2.05) is 0 Å². The molecule has 0 radical (unpaired) electrons. The quantitative estimate of drug-likeness (QED) is 0.142. The van der Waals surface area contributed by atoms with E-state index in [4.69, 9.17) is 4.42 Å². The first kappa shape index (κ1) is 39.7. The number of benzene rings is 11. The Balaban J connectivity index is 0.911. The maximum atomic E-state index is 7.07. The maximum absolute atomic E-state index is 7.07. The fourth-order valence-corrected chi connectivity index (χ4v) is 11.0. The first-order valence-corrected chi connectivity index (χ1v) is 23.5. The molecule has 11 aromatic carbocycles. The Kier molecular flexibility index (Phi) is 9.19. The summed E-state index contributed by atoms with van der Waals surface area (Å²) < 4.78 is 7.07. The summed E-state index contributed by atoms with van der Waals surface area (Å²) in [5.41, 5.74) is 18.3. The monoisotopic (exact) mass is 870 g/mol. The maximum Gasteiger partial charge on any atom is 0.143 e. The van der Waals surface area contributed by atoms with Crippen LogP contribution in [0.25, 0.3) is 76.9 Å². The van der Waals surface area contributed by atoms with Gasteiger partial charge in [0.1, 0.15) is 11.2 Å². The van der Waals surface area contributed by atoms with Gasteiger partial charge in [-0.3, -0.25) is 0 Å². The van der Waals surface area contributed by atoms with Gasteiger partial charge < -0.3 is 14.2 Å². The van der Waals surface area contributed by atoms with Crippen molar-refractivity contribution < 1.29 is 4.42 Å². The number of rotatable bonds is 8. The first-order valence-electron chi connectivity index (χ1n) is 23.5. The van der Waals surface area contributed by atoms with Crippen LogP contribution in [0.5, 0.6) is 0 Å². The van der Waals surface area contributed by atoms with E-state index in [0.29, 0.717) is 0 Å². The predicted molar refractivity (Wildman–Crippen MR) is 287 cm³/mol. The van der Waals surface area contributed by atoms with Crippen molar-refractivity contribution in [1.29, 1.82) is 0 Å². The van der Waals surface area contributed by atoms with Gasteiger partial charge in [-0.2, -0.15) is 0 Å². The van der Waals surface area contributed by atoms with Crippen LogP contribution in [-0.4, -0.2) is 0 Å². The zero-order valence-corrected chi connectivity index (χ0v) is 37.9. The molecule has 0 N–H and O–H groups in total. The molecule has 1 aliphatic rings. The van der Waals surface area contributed by atoms with Crippen LogP contribution in [0.3, 0.4) is 0 Å². The lowest BCUT2D eigenvalue weighted by Crippen LogP contribution is -2.16. The third-order valence-corrected chi connectivity index (χ3v) is 14.2. The molecule has 0 amide bonds. The number of furan rings is 1. The van der Waals surface area contributed by atoms with E-state index in [0.717, 1.165) is 72.6 Å². The van der Waals surface area contributed by atoms with E-state index in [9.17, 15) is 0 Å². The molecule has 0 spiro atoms. The van der Waals surface area contributed by atoms with E-state index in [-0.39, 0.29) is 5.41 Å². The molecule has 12 aromatic rings. The fourth-order valence-electron chi connectivity index (χ4n) is 11.0. The molecule has 13 rings (SSSR count). The Morgan fingerprint density at radius 3 is 1.63 bits per heavy atom. The molecule has 0 atom stereocenters. The first-order chi connectivity index (χ1) is 33.5. The van der Waals surface area contributed by atoms with Gasteiger partial charge in [-0.05, 0) is 134 Å². The normalized spacial score (nSPS) is 12.7. The summed E-state index contributed by atoms with van der Waals surface area (Å²) in [6.45, 7) is 4.69. The van der Waals surface area contributed by atoms with Gasteiger partial charge in [0.05, 0.1) is 5.69 Å². The van der Waals surface area contributed by atoms with Crippen LogP contribution < -0.4 is 9.80 Å². The highest BCUT2D eigenvalue weighted by atomic mass is 16.3. The minimum atomic E-state index is -0.114. The Hall–Kier alpha value is -8.66. The molecule has 0 saturated heterocycles. The predicted octanol–water partition coefficient (Wildman–Crippen LogP) is 18.5. The van der Waals surface area contributed by atoms with Crippen molar-refractivity contribution in [1.82, 2.24) is 0 Å². The topological polar surface area (TPSA) is 19.6 Å². The average molecular weight is 871 g/mol. The van der Waals surface area contributed by atoms with Crippen LogP contribution >= 0.6 is 0 Å². The molecule has 3 nitrogen and oxygen atoms in total. The standard InChI is InChI=1S/C65H46N2O/c1-65(2)59-28-16-14-26-53(59)54-38-35-49(41-60(54)65)66(46-20-8-4-9-21-46)50-36-39-57-62(42-50)68-64-56-37-32-45(40-58(56)52-25-12-13-27-55(52)63(57)64)43-30-33-48(34-31-43)67(47-22-10-5-11-23-47)61-29-17-15-24-51(61)44-18-6-3-7-19-44/h3-42H,1-2H3. The summed E-state index contributed by atoms with van der Waals surface area (Å²) >= 11 is 0. The van der Waals surface area contributed by atoms with Crippen molar-refractivity contribution in [3.05, 3.63) is 254 Å². The number of fused-ring (bicyclic) bond motifs is 11. The number of hydrogen-bond acceptors (Lipinski definition) is 3. The van der Waals surface area contributed by atoms with Gasteiger partial charge in [0, 0.05) is 61.6 Å².